The third kappa shape index (κ3) is 2.12. The number of aliphatic hydroxyl groups is 1. The number of hydrogen-bond acceptors (Lipinski definition) is 2. The molecular formula is C12H14NO. The molecule has 0 heterocycles. The third-order valence-corrected chi connectivity index (χ3v) is 2.33. The van der Waals surface area contributed by atoms with E-state index in [1.54, 1.807) is 0 Å². The molecule has 73 valence electrons. The smallest absolute Gasteiger partial charge is 0.0994 e. The summed E-state index contributed by atoms with van der Waals surface area (Å²) in [6, 6.07) is 7.83. The van der Waals surface area contributed by atoms with Crippen LogP contribution in [0.5, 0.6) is 0 Å². The first-order valence-electron chi connectivity index (χ1n) is 4.69. The molecular weight excluding hydrogens is 174 g/mol. The second kappa shape index (κ2) is 4.78. The highest BCUT2D eigenvalue weighted by molar-refractivity contribution is 5.42. The van der Waals surface area contributed by atoms with E-state index in [1.807, 2.05) is 25.1 Å². The van der Waals surface area contributed by atoms with Crippen LogP contribution in [0.15, 0.2) is 18.2 Å². The monoisotopic (exact) mass is 188 g/mol. The maximum Gasteiger partial charge on any atom is 0.0994 e. The van der Waals surface area contributed by atoms with Gasteiger partial charge in [-0.15, -0.1) is 0 Å². The first-order valence-corrected chi connectivity index (χ1v) is 4.69. The molecule has 0 fully saturated rings. The molecule has 0 saturated carbocycles. The Morgan fingerprint density at radius 3 is 2.79 bits per heavy atom. The summed E-state index contributed by atoms with van der Waals surface area (Å²) < 4.78 is 0. The fourth-order valence-electron chi connectivity index (χ4n) is 1.37. The largest absolute Gasteiger partial charge is 0.396 e. The Labute approximate surface area is 84.8 Å². The molecule has 2 heteroatoms. The summed E-state index contributed by atoms with van der Waals surface area (Å²) in [7, 11) is 0. The van der Waals surface area contributed by atoms with Crippen molar-refractivity contribution in [3.63, 3.8) is 0 Å². The molecule has 0 aliphatic heterocycles. The van der Waals surface area contributed by atoms with E-state index in [4.69, 9.17) is 10.4 Å². The molecule has 0 aliphatic rings. The second-order valence-electron chi connectivity index (χ2n) is 3.26. The molecule has 0 amide bonds. The molecule has 1 unspecified atom stereocenters. The third-order valence-electron chi connectivity index (χ3n) is 2.33. The lowest BCUT2D eigenvalue weighted by Gasteiger charge is -2.09. The molecule has 1 aromatic rings. The van der Waals surface area contributed by atoms with Gasteiger partial charge in [0.1, 0.15) is 0 Å². The topological polar surface area (TPSA) is 44.0 Å². The van der Waals surface area contributed by atoms with Gasteiger partial charge in [-0.2, -0.15) is 5.26 Å². The van der Waals surface area contributed by atoms with Crippen molar-refractivity contribution in [2.75, 3.05) is 6.61 Å². The van der Waals surface area contributed by atoms with Crippen LogP contribution in [-0.4, -0.2) is 11.7 Å². The average Bonchev–Trinajstić information content (AvgIpc) is 2.26. The SMILES string of the molecule is [CH2]C(CO)c1ccc(CC)c(C#N)c1. The summed E-state index contributed by atoms with van der Waals surface area (Å²) in [6.45, 7) is 5.83. The predicted molar refractivity (Wildman–Crippen MR) is 55.7 cm³/mol. The Morgan fingerprint density at radius 2 is 2.29 bits per heavy atom. The van der Waals surface area contributed by atoms with Crippen molar-refractivity contribution in [1.29, 1.82) is 5.26 Å². The van der Waals surface area contributed by atoms with E-state index in [0.717, 1.165) is 17.5 Å². The molecule has 1 N–H and O–H groups in total. The molecule has 0 aliphatic carbocycles. The van der Waals surface area contributed by atoms with Crippen molar-refractivity contribution in [2.24, 2.45) is 0 Å². The molecule has 2 nitrogen and oxygen atoms in total. The van der Waals surface area contributed by atoms with E-state index in [1.165, 1.54) is 0 Å². The minimum absolute atomic E-state index is 0.0103. The first kappa shape index (κ1) is 10.7. The molecule has 1 atom stereocenters. The van der Waals surface area contributed by atoms with Crippen LogP contribution in [0.1, 0.15) is 29.5 Å². The van der Waals surface area contributed by atoms with Crippen molar-refractivity contribution < 1.29 is 5.11 Å². The molecule has 1 rings (SSSR count). The molecule has 0 aromatic heterocycles. The van der Waals surface area contributed by atoms with Crippen LogP contribution in [0.4, 0.5) is 0 Å². The summed E-state index contributed by atoms with van der Waals surface area (Å²) in [6.07, 6.45) is 0.851. The van der Waals surface area contributed by atoms with Crippen molar-refractivity contribution in [3.05, 3.63) is 41.8 Å². The normalized spacial score (nSPS) is 12.1. The first-order chi connectivity index (χ1) is 6.72. The van der Waals surface area contributed by atoms with Crippen LogP contribution in [0.2, 0.25) is 0 Å². The lowest BCUT2D eigenvalue weighted by atomic mass is 9.96. The van der Waals surface area contributed by atoms with Gasteiger partial charge >= 0.3 is 0 Å². The zero-order valence-electron chi connectivity index (χ0n) is 8.33. The van der Waals surface area contributed by atoms with Crippen LogP contribution < -0.4 is 0 Å². The standard InChI is InChI=1S/C12H14NO/c1-3-10-4-5-11(9(2)8-14)6-12(10)7-13/h4-6,9,14H,2-3,8H2,1H3. The highest BCUT2D eigenvalue weighted by atomic mass is 16.3. The van der Waals surface area contributed by atoms with Gasteiger partial charge in [-0.05, 0) is 30.5 Å². The molecule has 1 radical (unpaired) electrons. The number of aryl methyl sites for hydroxylation is 1. The molecule has 0 saturated heterocycles. The fraction of sp³-hybridized carbons (Fsp3) is 0.333. The predicted octanol–water partition coefficient (Wildman–Crippen LogP) is 2.03. The van der Waals surface area contributed by atoms with E-state index in [9.17, 15) is 0 Å². The number of nitriles is 1. The van der Waals surface area contributed by atoms with Gasteiger partial charge in [0.05, 0.1) is 11.6 Å². The molecule has 1 aromatic carbocycles. The zero-order chi connectivity index (χ0) is 10.6. The van der Waals surface area contributed by atoms with E-state index in [-0.39, 0.29) is 12.5 Å². The van der Waals surface area contributed by atoms with Gasteiger partial charge in [0, 0.05) is 12.5 Å². The van der Waals surface area contributed by atoms with Crippen molar-refractivity contribution >= 4 is 0 Å². The lowest BCUT2D eigenvalue weighted by Crippen LogP contribution is -2.00. The number of rotatable bonds is 3. The summed E-state index contributed by atoms with van der Waals surface area (Å²) in [5.41, 5.74) is 2.65. The highest BCUT2D eigenvalue weighted by Crippen LogP contribution is 2.18. The zero-order valence-corrected chi connectivity index (χ0v) is 8.33. The molecule has 0 bridgehead atoms. The number of aliphatic hydroxyl groups excluding tert-OH is 1. The summed E-state index contributed by atoms with van der Waals surface area (Å²) in [5.74, 6) is -0.145. The van der Waals surface area contributed by atoms with Gasteiger partial charge in [0.2, 0.25) is 0 Å². The van der Waals surface area contributed by atoms with Gasteiger partial charge in [0.25, 0.3) is 0 Å². The van der Waals surface area contributed by atoms with Crippen LogP contribution in [-0.2, 0) is 6.42 Å². The summed E-state index contributed by atoms with van der Waals surface area (Å²) >= 11 is 0. The Morgan fingerprint density at radius 1 is 1.57 bits per heavy atom. The number of hydrogen-bond donors (Lipinski definition) is 1. The second-order valence-corrected chi connectivity index (χ2v) is 3.26. The van der Waals surface area contributed by atoms with Gasteiger partial charge < -0.3 is 5.11 Å². The summed E-state index contributed by atoms with van der Waals surface area (Å²) in [5, 5.41) is 17.8. The number of benzene rings is 1. The van der Waals surface area contributed by atoms with Crippen molar-refractivity contribution in [2.45, 2.75) is 19.3 Å². The van der Waals surface area contributed by atoms with Gasteiger partial charge in [-0.1, -0.05) is 19.1 Å². The Hall–Kier alpha value is -1.33. The van der Waals surface area contributed by atoms with Gasteiger partial charge in [0.15, 0.2) is 0 Å². The van der Waals surface area contributed by atoms with Gasteiger partial charge in [-0.3, -0.25) is 0 Å². The quantitative estimate of drug-likeness (QED) is 0.788. The summed E-state index contributed by atoms with van der Waals surface area (Å²) in [4.78, 5) is 0. The van der Waals surface area contributed by atoms with Crippen LogP contribution >= 0.6 is 0 Å². The van der Waals surface area contributed by atoms with Crippen LogP contribution in [0.25, 0.3) is 0 Å². The van der Waals surface area contributed by atoms with Crippen LogP contribution in [0, 0.1) is 18.3 Å². The van der Waals surface area contributed by atoms with E-state index in [0.29, 0.717) is 5.56 Å². The lowest BCUT2D eigenvalue weighted by molar-refractivity contribution is 0.282. The minimum atomic E-state index is -0.145. The van der Waals surface area contributed by atoms with Crippen molar-refractivity contribution in [3.8, 4) is 6.07 Å². The Kier molecular flexibility index (Phi) is 3.67. The highest BCUT2D eigenvalue weighted by Gasteiger charge is 2.07. The average molecular weight is 188 g/mol. The maximum atomic E-state index is 8.93. The molecule has 0 spiro atoms. The maximum absolute atomic E-state index is 8.93. The van der Waals surface area contributed by atoms with Gasteiger partial charge in [-0.25, -0.2) is 0 Å². The van der Waals surface area contributed by atoms with E-state index in [2.05, 4.69) is 13.0 Å². The Balaban J connectivity index is 3.09. The van der Waals surface area contributed by atoms with E-state index >= 15 is 0 Å². The minimum Gasteiger partial charge on any atom is -0.396 e. The van der Waals surface area contributed by atoms with Crippen molar-refractivity contribution in [1.82, 2.24) is 0 Å². The van der Waals surface area contributed by atoms with E-state index < -0.39 is 0 Å². The molecule has 14 heavy (non-hydrogen) atoms. The number of nitrogens with zero attached hydrogens (tertiary/aromatic N) is 1. The Bertz CT molecular complexity index is 352. The fourth-order valence-corrected chi connectivity index (χ4v) is 1.37. The van der Waals surface area contributed by atoms with Crippen LogP contribution in [0.3, 0.4) is 0 Å².